The molecule has 2 rings (SSSR count). The third-order valence-electron chi connectivity index (χ3n) is 4.69. The van der Waals surface area contributed by atoms with Crippen LogP contribution in [-0.2, 0) is 12.0 Å². The molecule has 0 unspecified atom stereocenters. The van der Waals surface area contributed by atoms with E-state index in [2.05, 4.69) is 39.1 Å². The van der Waals surface area contributed by atoms with Gasteiger partial charge in [-0.25, -0.2) is 0 Å². The zero-order valence-electron chi connectivity index (χ0n) is 18.0. The van der Waals surface area contributed by atoms with Gasteiger partial charge < -0.3 is 14.8 Å². The minimum atomic E-state index is -0.0752. The fourth-order valence-corrected chi connectivity index (χ4v) is 2.91. The van der Waals surface area contributed by atoms with E-state index in [-0.39, 0.29) is 17.4 Å². The van der Waals surface area contributed by atoms with Crippen LogP contribution in [0.3, 0.4) is 0 Å². The van der Waals surface area contributed by atoms with Gasteiger partial charge in [0.15, 0.2) is 0 Å². The minimum absolute atomic E-state index is 0.0165. The van der Waals surface area contributed by atoms with Crippen molar-refractivity contribution in [3.8, 4) is 11.5 Å². The van der Waals surface area contributed by atoms with Gasteiger partial charge in [-0.05, 0) is 55.5 Å². The Morgan fingerprint density at radius 1 is 1.04 bits per heavy atom. The highest BCUT2D eigenvalue weighted by atomic mass is 16.5. The van der Waals surface area contributed by atoms with Crippen molar-refractivity contribution in [3.05, 3.63) is 59.2 Å². The first-order chi connectivity index (χ1) is 13.3. The molecule has 0 saturated heterocycles. The van der Waals surface area contributed by atoms with Crippen molar-refractivity contribution in [3.63, 3.8) is 0 Å². The van der Waals surface area contributed by atoms with Crippen LogP contribution < -0.4 is 14.8 Å². The van der Waals surface area contributed by atoms with E-state index in [4.69, 9.17) is 9.47 Å². The summed E-state index contributed by atoms with van der Waals surface area (Å²) in [6.45, 7) is 13.4. The van der Waals surface area contributed by atoms with Gasteiger partial charge in [-0.2, -0.15) is 0 Å². The highest BCUT2D eigenvalue weighted by Gasteiger charge is 2.19. The fraction of sp³-hybridized carbons (Fsp3) is 0.458. The van der Waals surface area contributed by atoms with Gasteiger partial charge in [-0.1, -0.05) is 45.9 Å². The van der Waals surface area contributed by atoms with E-state index in [1.54, 1.807) is 6.07 Å². The van der Waals surface area contributed by atoms with E-state index in [9.17, 15) is 4.79 Å². The van der Waals surface area contributed by atoms with Crippen molar-refractivity contribution in [2.24, 2.45) is 0 Å². The van der Waals surface area contributed by atoms with E-state index in [0.717, 1.165) is 29.0 Å². The maximum Gasteiger partial charge on any atom is 0.251 e. The zero-order chi connectivity index (χ0) is 20.7. The van der Waals surface area contributed by atoms with Crippen molar-refractivity contribution in [2.45, 2.75) is 66.0 Å². The first-order valence-electron chi connectivity index (χ1n) is 10.0. The van der Waals surface area contributed by atoms with Crippen molar-refractivity contribution in [2.75, 3.05) is 6.61 Å². The molecule has 152 valence electrons. The molecule has 0 aliphatic heterocycles. The summed E-state index contributed by atoms with van der Waals surface area (Å²) < 4.78 is 11.9. The molecule has 2 aromatic carbocycles. The quantitative estimate of drug-likeness (QED) is 0.656. The molecule has 4 heteroatoms. The Balaban J connectivity index is 2.26. The summed E-state index contributed by atoms with van der Waals surface area (Å²) in [7, 11) is 0. The molecular weight excluding hydrogens is 350 g/mol. The van der Waals surface area contributed by atoms with Gasteiger partial charge in [0.05, 0.1) is 6.61 Å². The van der Waals surface area contributed by atoms with Gasteiger partial charge in [0.25, 0.3) is 5.91 Å². The number of benzene rings is 2. The van der Waals surface area contributed by atoms with Gasteiger partial charge >= 0.3 is 0 Å². The number of rotatable bonds is 8. The predicted octanol–water partition coefficient (Wildman–Crippen LogP) is 5.49. The largest absolute Gasteiger partial charge is 0.493 e. The Morgan fingerprint density at radius 2 is 1.75 bits per heavy atom. The molecule has 0 aliphatic carbocycles. The highest BCUT2D eigenvalue weighted by Crippen LogP contribution is 2.32. The molecule has 0 saturated carbocycles. The van der Waals surface area contributed by atoms with Gasteiger partial charge in [0.2, 0.25) is 0 Å². The molecule has 28 heavy (non-hydrogen) atoms. The third-order valence-corrected chi connectivity index (χ3v) is 4.69. The molecule has 0 fully saturated rings. The van der Waals surface area contributed by atoms with Crippen molar-refractivity contribution in [1.82, 2.24) is 5.32 Å². The summed E-state index contributed by atoms with van der Waals surface area (Å²) in [6, 6.07) is 13.7. The third kappa shape index (κ3) is 5.75. The first-order valence-corrected chi connectivity index (χ1v) is 10.0. The van der Waals surface area contributed by atoms with Crippen LogP contribution >= 0.6 is 0 Å². The highest BCUT2D eigenvalue weighted by molar-refractivity contribution is 5.94. The summed E-state index contributed by atoms with van der Waals surface area (Å²) in [5.41, 5.74) is 2.62. The van der Waals surface area contributed by atoms with Crippen LogP contribution in [0.2, 0.25) is 0 Å². The lowest BCUT2D eigenvalue weighted by Crippen LogP contribution is -2.32. The second-order valence-electron chi connectivity index (χ2n) is 8.07. The number of carbonyl (C=O) groups excluding carboxylic acids is 1. The molecule has 0 radical (unpaired) electrons. The average Bonchev–Trinajstić information content (AvgIpc) is 2.66. The molecule has 1 atom stereocenters. The fourth-order valence-electron chi connectivity index (χ4n) is 2.91. The van der Waals surface area contributed by atoms with Crippen molar-refractivity contribution >= 4 is 5.91 Å². The molecule has 0 bridgehead atoms. The average molecular weight is 384 g/mol. The lowest BCUT2D eigenvalue weighted by atomic mass is 9.86. The van der Waals surface area contributed by atoms with Crippen LogP contribution in [-0.4, -0.2) is 18.6 Å². The van der Waals surface area contributed by atoms with Crippen LogP contribution in [0, 0.1) is 0 Å². The predicted molar refractivity (Wildman–Crippen MR) is 114 cm³/mol. The van der Waals surface area contributed by atoms with E-state index in [0.29, 0.717) is 18.8 Å². The van der Waals surface area contributed by atoms with Crippen molar-refractivity contribution in [1.29, 1.82) is 0 Å². The molecule has 0 spiro atoms. The summed E-state index contributed by atoms with van der Waals surface area (Å²) in [5, 5.41) is 3.01. The van der Waals surface area contributed by atoms with Gasteiger partial charge in [-0.3, -0.25) is 4.79 Å². The minimum Gasteiger partial charge on any atom is -0.493 e. The molecule has 4 nitrogen and oxygen atoms in total. The number of para-hydroxylation sites is 1. The topological polar surface area (TPSA) is 47.6 Å². The lowest BCUT2D eigenvalue weighted by Gasteiger charge is -2.23. The van der Waals surface area contributed by atoms with Crippen LogP contribution in [0.1, 0.15) is 69.4 Å². The van der Waals surface area contributed by atoms with Crippen LogP contribution in [0.4, 0.5) is 0 Å². The summed E-state index contributed by atoms with van der Waals surface area (Å²) in [4.78, 5) is 12.5. The second-order valence-corrected chi connectivity index (χ2v) is 8.07. The summed E-state index contributed by atoms with van der Waals surface area (Å²) >= 11 is 0. The van der Waals surface area contributed by atoms with Gasteiger partial charge in [-0.15, -0.1) is 0 Å². The summed E-state index contributed by atoms with van der Waals surface area (Å²) in [6.07, 6.45) is 0.891. The van der Waals surface area contributed by atoms with Crippen LogP contribution in [0.15, 0.2) is 42.5 Å². The van der Waals surface area contributed by atoms with E-state index >= 15 is 0 Å². The van der Waals surface area contributed by atoms with Crippen LogP contribution in [0.5, 0.6) is 11.5 Å². The number of carbonyl (C=O) groups is 1. The number of amides is 1. The number of ether oxygens (including phenoxy) is 2. The SMILES string of the molecule is CCOc1ccc(C(=O)N[C@H](C)CC)cc1COc1ccccc1C(C)(C)C. The Labute approximate surface area is 169 Å². The van der Waals surface area contributed by atoms with E-state index in [1.165, 1.54) is 0 Å². The second kappa shape index (κ2) is 9.63. The Kier molecular flexibility index (Phi) is 7.50. The normalized spacial score (nSPS) is 12.4. The molecule has 0 heterocycles. The monoisotopic (exact) mass is 383 g/mol. The number of hydrogen-bond donors (Lipinski definition) is 1. The maximum atomic E-state index is 12.5. The Morgan fingerprint density at radius 3 is 2.39 bits per heavy atom. The Hall–Kier alpha value is -2.49. The molecule has 1 amide bonds. The van der Waals surface area contributed by atoms with Crippen molar-refractivity contribution < 1.29 is 14.3 Å². The Bertz CT molecular complexity index is 793. The molecule has 2 aromatic rings. The first kappa shape index (κ1) is 21.8. The van der Waals surface area contributed by atoms with E-state index in [1.807, 2.05) is 44.2 Å². The van der Waals surface area contributed by atoms with E-state index < -0.39 is 0 Å². The lowest BCUT2D eigenvalue weighted by molar-refractivity contribution is 0.0939. The molecule has 0 aliphatic rings. The van der Waals surface area contributed by atoms with Gasteiger partial charge in [0.1, 0.15) is 18.1 Å². The number of hydrogen-bond acceptors (Lipinski definition) is 3. The van der Waals surface area contributed by atoms with Gasteiger partial charge in [0, 0.05) is 17.2 Å². The molecule has 0 aromatic heterocycles. The zero-order valence-corrected chi connectivity index (χ0v) is 18.0. The maximum absolute atomic E-state index is 12.5. The summed E-state index contributed by atoms with van der Waals surface area (Å²) in [5.74, 6) is 1.52. The standard InChI is InChI=1S/C24H33NO3/c1-7-17(3)25-23(26)18-13-14-21(27-8-2)19(15-18)16-28-22-12-10-9-11-20(22)24(4,5)6/h9-15,17H,7-8,16H2,1-6H3,(H,25,26)/t17-/m1/s1. The molecule has 1 N–H and O–H groups in total. The smallest absolute Gasteiger partial charge is 0.251 e. The number of nitrogens with one attached hydrogen (secondary N) is 1. The molecular formula is C24H33NO3. The van der Waals surface area contributed by atoms with Crippen LogP contribution in [0.25, 0.3) is 0 Å².